The van der Waals surface area contributed by atoms with Crippen molar-refractivity contribution in [2.75, 3.05) is 13.7 Å². The van der Waals surface area contributed by atoms with Gasteiger partial charge in [-0.1, -0.05) is 0 Å². The van der Waals surface area contributed by atoms with E-state index in [1.165, 1.54) is 24.1 Å². The minimum Gasteiger partial charge on any atom is -0.481 e. The van der Waals surface area contributed by atoms with Gasteiger partial charge in [-0.15, -0.1) is 0 Å². The molecule has 152 valence electrons. The van der Waals surface area contributed by atoms with Crippen molar-refractivity contribution in [2.24, 2.45) is 0 Å². The Kier molecular flexibility index (Phi) is 6.03. The summed E-state index contributed by atoms with van der Waals surface area (Å²) in [5, 5.41) is -2.69. The summed E-state index contributed by atoms with van der Waals surface area (Å²) in [4.78, 5) is 17.3. The highest BCUT2D eigenvalue weighted by Crippen LogP contribution is 2.37. The number of carbonyl (C=O) groups is 1. The highest BCUT2D eigenvalue weighted by atomic mass is 32.2. The molecule has 7 nitrogen and oxygen atoms in total. The zero-order chi connectivity index (χ0) is 20.5. The number of nitrogens with zero attached hydrogens (tertiary/aromatic N) is 2. The molecule has 2 unspecified atom stereocenters. The van der Waals surface area contributed by atoms with Crippen molar-refractivity contribution in [3.8, 4) is 5.88 Å². The van der Waals surface area contributed by atoms with E-state index in [0.717, 1.165) is 13.1 Å². The van der Waals surface area contributed by atoms with Crippen molar-refractivity contribution in [1.82, 2.24) is 9.88 Å². The first-order chi connectivity index (χ1) is 12.4. The van der Waals surface area contributed by atoms with E-state index in [1.807, 2.05) is 0 Å². The smallest absolute Gasteiger partial charge is 0.410 e. The van der Waals surface area contributed by atoms with E-state index in [4.69, 9.17) is 9.47 Å². The molecule has 1 aromatic heterocycles. The lowest BCUT2D eigenvalue weighted by atomic mass is 9.99. The van der Waals surface area contributed by atoms with E-state index in [0.29, 0.717) is 12.8 Å². The number of hydrogen-bond acceptors (Lipinski definition) is 6. The van der Waals surface area contributed by atoms with Crippen LogP contribution in [0.3, 0.4) is 0 Å². The van der Waals surface area contributed by atoms with E-state index < -0.39 is 32.6 Å². The van der Waals surface area contributed by atoms with Gasteiger partial charge < -0.3 is 14.4 Å². The summed E-state index contributed by atoms with van der Waals surface area (Å²) in [6.07, 6.45) is 1.87. The molecule has 2 atom stereocenters. The maximum absolute atomic E-state index is 15.8. The molecule has 1 aliphatic rings. The first-order valence-corrected chi connectivity index (χ1v) is 10.3. The zero-order valence-corrected chi connectivity index (χ0v) is 17.2. The van der Waals surface area contributed by atoms with Crippen LogP contribution in [0.2, 0.25) is 0 Å². The number of hydrogen-bond donors (Lipinski definition) is 0. The molecule has 1 aromatic rings. The molecule has 9 heteroatoms. The molecule has 2 heterocycles. The van der Waals surface area contributed by atoms with Crippen LogP contribution < -0.4 is 4.74 Å². The Bertz CT molecular complexity index is 772. The SMILES string of the molecule is COc1ccc(S(=O)(=O)C(C)(F)C2CCCCN2C(=O)OC(C)(C)C)cn1. The third-order valence-electron chi connectivity index (χ3n) is 4.48. The molecule has 0 N–H and O–H groups in total. The monoisotopic (exact) mass is 402 g/mol. The average Bonchev–Trinajstić information content (AvgIpc) is 2.60. The molecule has 0 aliphatic carbocycles. The van der Waals surface area contributed by atoms with Crippen molar-refractivity contribution in [3.63, 3.8) is 0 Å². The van der Waals surface area contributed by atoms with Crippen molar-refractivity contribution in [3.05, 3.63) is 18.3 Å². The summed E-state index contributed by atoms with van der Waals surface area (Å²) in [5.41, 5.74) is -0.759. The summed E-state index contributed by atoms with van der Waals surface area (Å²) >= 11 is 0. The number of alkyl halides is 1. The summed E-state index contributed by atoms with van der Waals surface area (Å²) < 4.78 is 52.0. The van der Waals surface area contributed by atoms with Crippen LogP contribution in [0.4, 0.5) is 9.18 Å². The summed E-state index contributed by atoms with van der Waals surface area (Å²) in [6.45, 7) is 6.37. The third kappa shape index (κ3) is 4.51. The Balaban J connectivity index is 2.36. The van der Waals surface area contributed by atoms with Gasteiger partial charge in [-0.2, -0.15) is 0 Å². The fourth-order valence-corrected chi connectivity index (χ4v) is 4.57. The quantitative estimate of drug-likeness (QED) is 0.768. The highest BCUT2D eigenvalue weighted by molar-refractivity contribution is 7.92. The van der Waals surface area contributed by atoms with Gasteiger partial charge in [0.25, 0.3) is 0 Å². The van der Waals surface area contributed by atoms with Crippen molar-refractivity contribution >= 4 is 15.9 Å². The largest absolute Gasteiger partial charge is 0.481 e. The van der Waals surface area contributed by atoms with Crippen LogP contribution in [-0.4, -0.2) is 54.7 Å². The van der Waals surface area contributed by atoms with Crippen LogP contribution in [0.5, 0.6) is 5.88 Å². The van der Waals surface area contributed by atoms with E-state index in [2.05, 4.69) is 4.98 Å². The fraction of sp³-hybridized carbons (Fsp3) is 0.667. The molecule has 0 spiro atoms. The minimum atomic E-state index is -4.41. The van der Waals surface area contributed by atoms with Crippen molar-refractivity contribution < 1.29 is 27.1 Å². The Morgan fingerprint density at radius 1 is 1.26 bits per heavy atom. The number of rotatable bonds is 4. The number of halogens is 1. The van der Waals surface area contributed by atoms with Gasteiger partial charge in [-0.3, -0.25) is 0 Å². The van der Waals surface area contributed by atoms with Gasteiger partial charge in [-0.25, -0.2) is 22.6 Å². The number of piperidine rings is 1. The van der Waals surface area contributed by atoms with Gasteiger partial charge >= 0.3 is 6.09 Å². The van der Waals surface area contributed by atoms with Crippen LogP contribution in [0, 0.1) is 0 Å². The summed E-state index contributed by atoms with van der Waals surface area (Å²) in [5.74, 6) is 0.225. The molecule has 2 rings (SSSR count). The first-order valence-electron chi connectivity index (χ1n) is 8.83. The van der Waals surface area contributed by atoms with Crippen LogP contribution in [-0.2, 0) is 14.6 Å². The Morgan fingerprint density at radius 2 is 1.93 bits per heavy atom. The van der Waals surface area contributed by atoms with E-state index in [9.17, 15) is 13.2 Å². The molecule has 0 radical (unpaired) electrons. The number of likely N-dealkylation sites (tertiary alicyclic amines) is 1. The van der Waals surface area contributed by atoms with Gasteiger partial charge in [0.05, 0.1) is 18.0 Å². The zero-order valence-electron chi connectivity index (χ0n) is 16.4. The highest BCUT2D eigenvalue weighted by Gasteiger charge is 2.52. The minimum absolute atomic E-state index is 0.225. The lowest BCUT2D eigenvalue weighted by Crippen LogP contribution is -2.57. The van der Waals surface area contributed by atoms with Crippen molar-refractivity contribution in [1.29, 1.82) is 0 Å². The average molecular weight is 402 g/mol. The summed E-state index contributed by atoms with van der Waals surface area (Å²) in [6, 6.07) is 1.46. The fourth-order valence-electron chi connectivity index (χ4n) is 3.06. The standard InChI is InChI=1S/C18H27FN2O5S/c1-17(2,3)26-16(22)21-11-7-6-8-14(21)18(4,19)27(23,24)13-9-10-15(25-5)20-12-13/h9-10,12,14H,6-8,11H2,1-5H3. The number of methoxy groups -OCH3 is 1. The second-order valence-corrected chi connectivity index (χ2v) is 9.99. The maximum atomic E-state index is 15.8. The topological polar surface area (TPSA) is 85.8 Å². The normalized spacial score (nSPS) is 20.7. The number of sulfone groups is 1. The van der Waals surface area contributed by atoms with Crippen molar-refractivity contribution in [2.45, 2.75) is 68.5 Å². The number of aromatic nitrogens is 1. The van der Waals surface area contributed by atoms with Crippen LogP contribution in [0.25, 0.3) is 0 Å². The predicted molar refractivity (Wildman–Crippen MR) is 98.1 cm³/mol. The molecule has 1 saturated heterocycles. The lowest BCUT2D eigenvalue weighted by Gasteiger charge is -2.42. The van der Waals surface area contributed by atoms with Crippen LogP contribution in [0.15, 0.2) is 23.2 Å². The first kappa shape index (κ1) is 21.4. The Hall–Kier alpha value is -1.90. The summed E-state index contributed by atoms with van der Waals surface area (Å²) in [7, 11) is -3.01. The van der Waals surface area contributed by atoms with Crippen LogP contribution >= 0.6 is 0 Å². The maximum Gasteiger partial charge on any atom is 0.410 e. The molecule has 0 aromatic carbocycles. The second kappa shape index (κ2) is 7.61. The van der Waals surface area contributed by atoms with Gasteiger partial charge in [-0.05, 0) is 53.0 Å². The molecule has 27 heavy (non-hydrogen) atoms. The van der Waals surface area contributed by atoms with E-state index in [1.54, 1.807) is 20.8 Å². The predicted octanol–water partition coefficient (Wildman–Crippen LogP) is 3.34. The molecule has 0 saturated carbocycles. The van der Waals surface area contributed by atoms with Gasteiger partial charge in [0.15, 0.2) is 0 Å². The van der Waals surface area contributed by atoms with E-state index >= 15 is 4.39 Å². The molecule has 0 bridgehead atoms. The number of carbonyl (C=O) groups excluding carboxylic acids is 1. The number of ether oxygens (including phenoxy) is 2. The van der Waals surface area contributed by atoms with Gasteiger partial charge in [0.1, 0.15) is 5.60 Å². The number of pyridine rings is 1. The Labute approximate surface area is 159 Å². The molecular weight excluding hydrogens is 375 g/mol. The molecular formula is C18H27FN2O5S. The molecule has 1 fully saturated rings. The second-order valence-electron chi connectivity index (χ2n) is 7.71. The van der Waals surface area contributed by atoms with E-state index in [-0.39, 0.29) is 23.7 Å². The number of amides is 1. The van der Waals surface area contributed by atoms with Gasteiger partial charge in [0, 0.05) is 18.8 Å². The third-order valence-corrected chi connectivity index (χ3v) is 6.67. The molecule has 1 aliphatic heterocycles. The molecule has 1 amide bonds. The van der Waals surface area contributed by atoms with Crippen LogP contribution in [0.1, 0.15) is 47.0 Å². The van der Waals surface area contributed by atoms with Gasteiger partial charge in [0.2, 0.25) is 20.7 Å². The Morgan fingerprint density at radius 3 is 2.44 bits per heavy atom. The lowest BCUT2D eigenvalue weighted by molar-refractivity contribution is -0.00637.